The van der Waals surface area contributed by atoms with Crippen molar-refractivity contribution in [3.05, 3.63) is 85.1 Å². The normalized spacial score (nSPS) is 14.9. The largest absolute Gasteiger partial charge is 0.489 e. The number of hydrogen-bond acceptors (Lipinski definition) is 5. The summed E-state index contributed by atoms with van der Waals surface area (Å²) in [6.07, 6.45) is 8.87. The Kier molecular flexibility index (Phi) is 6.32. The molecule has 1 amide bonds. The Balaban J connectivity index is 1.27. The van der Waals surface area contributed by atoms with Crippen LogP contribution < -0.4 is 4.74 Å². The Morgan fingerprint density at radius 3 is 2.87 bits per heavy atom. The highest BCUT2D eigenvalue weighted by molar-refractivity contribution is 6.02. The van der Waals surface area contributed by atoms with Crippen molar-refractivity contribution in [1.29, 1.82) is 0 Å². The molecular formula is C30H26N6O2. The van der Waals surface area contributed by atoms with Crippen LogP contribution in [0.1, 0.15) is 18.5 Å². The minimum absolute atomic E-state index is 0.0634. The highest BCUT2D eigenvalue weighted by Crippen LogP contribution is 2.40. The number of pyridine rings is 2. The lowest BCUT2D eigenvalue weighted by Crippen LogP contribution is -2.38. The Morgan fingerprint density at radius 2 is 2.03 bits per heavy atom. The van der Waals surface area contributed by atoms with Gasteiger partial charge < -0.3 is 14.6 Å². The lowest BCUT2D eigenvalue weighted by Gasteiger charge is -2.23. The van der Waals surface area contributed by atoms with Gasteiger partial charge in [-0.05, 0) is 48.6 Å². The number of aromatic amines is 1. The number of aryl methyl sites for hydroxylation is 1. The van der Waals surface area contributed by atoms with E-state index in [4.69, 9.17) is 4.74 Å². The number of likely N-dealkylation sites (tertiary alicyclic amines) is 1. The van der Waals surface area contributed by atoms with E-state index in [-0.39, 0.29) is 11.9 Å². The van der Waals surface area contributed by atoms with Gasteiger partial charge in [-0.3, -0.25) is 19.4 Å². The van der Waals surface area contributed by atoms with E-state index < -0.39 is 0 Å². The van der Waals surface area contributed by atoms with Gasteiger partial charge in [-0.25, -0.2) is 0 Å². The molecule has 1 aromatic carbocycles. The standard InChI is InChI=1S/C30H26N6O2/c1-35-18-14-22(34-35)11-12-27(37)36-17-6-9-23(36)20-38-26-19-31-16-13-24(26)29-28(21-7-3-2-4-8-21)30-25(33-29)10-5-15-32-30/h2-5,7-8,10,13-16,18-19,23,33H,6,9,17,20H2,1H3/t23-/m0/s1. The van der Waals surface area contributed by atoms with Crippen LogP contribution in [0.25, 0.3) is 33.4 Å². The topological polar surface area (TPSA) is 88.9 Å². The highest BCUT2D eigenvalue weighted by Gasteiger charge is 2.29. The third kappa shape index (κ3) is 4.62. The van der Waals surface area contributed by atoms with Crippen LogP contribution in [-0.2, 0) is 11.8 Å². The Hall–Kier alpha value is -4.90. The molecule has 0 saturated carbocycles. The summed E-state index contributed by atoms with van der Waals surface area (Å²) in [6, 6.07) is 17.8. The van der Waals surface area contributed by atoms with Crippen LogP contribution in [-0.4, -0.2) is 54.7 Å². The number of benzene rings is 1. The van der Waals surface area contributed by atoms with Gasteiger partial charge in [0.1, 0.15) is 18.1 Å². The van der Waals surface area contributed by atoms with Crippen LogP contribution in [0.4, 0.5) is 0 Å². The molecule has 0 aliphatic carbocycles. The molecule has 6 rings (SSSR count). The second kappa shape index (κ2) is 10.2. The highest BCUT2D eigenvalue weighted by atomic mass is 16.5. The zero-order chi connectivity index (χ0) is 25.9. The summed E-state index contributed by atoms with van der Waals surface area (Å²) >= 11 is 0. The smallest absolute Gasteiger partial charge is 0.299 e. The number of aromatic nitrogens is 5. The maximum Gasteiger partial charge on any atom is 0.299 e. The summed E-state index contributed by atoms with van der Waals surface area (Å²) in [6.45, 7) is 1.02. The predicted octanol–water partition coefficient (Wildman–Crippen LogP) is 4.45. The molecule has 0 bridgehead atoms. The fourth-order valence-electron chi connectivity index (χ4n) is 4.94. The van der Waals surface area contributed by atoms with E-state index in [1.165, 1.54) is 0 Å². The predicted molar refractivity (Wildman–Crippen MR) is 145 cm³/mol. The lowest BCUT2D eigenvalue weighted by molar-refractivity contribution is -0.126. The maximum absolute atomic E-state index is 12.9. The molecule has 1 atom stereocenters. The van der Waals surface area contributed by atoms with E-state index in [0.29, 0.717) is 24.6 Å². The monoisotopic (exact) mass is 502 g/mol. The first-order valence-corrected chi connectivity index (χ1v) is 12.6. The molecule has 38 heavy (non-hydrogen) atoms. The fourth-order valence-corrected chi connectivity index (χ4v) is 4.94. The number of nitrogens with one attached hydrogen (secondary N) is 1. The summed E-state index contributed by atoms with van der Waals surface area (Å²) in [5, 5.41) is 4.22. The van der Waals surface area contributed by atoms with Crippen molar-refractivity contribution in [2.75, 3.05) is 13.2 Å². The quantitative estimate of drug-likeness (QED) is 0.359. The van der Waals surface area contributed by atoms with Crippen LogP contribution >= 0.6 is 0 Å². The lowest BCUT2D eigenvalue weighted by atomic mass is 10.0. The Labute approximate surface area is 220 Å². The number of amides is 1. The van der Waals surface area contributed by atoms with Gasteiger partial charge in [0.2, 0.25) is 0 Å². The first-order valence-electron chi connectivity index (χ1n) is 12.6. The molecule has 8 heteroatoms. The molecule has 1 saturated heterocycles. The van der Waals surface area contributed by atoms with Crippen molar-refractivity contribution in [3.8, 4) is 40.0 Å². The second-order valence-electron chi connectivity index (χ2n) is 9.24. The maximum atomic E-state index is 12.9. The van der Waals surface area contributed by atoms with Crippen LogP contribution in [0.2, 0.25) is 0 Å². The molecule has 5 heterocycles. The molecule has 4 aromatic heterocycles. The summed E-state index contributed by atoms with van der Waals surface area (Å²) in [4.78, 5) is 27.2. The van der Waals surface area contributed by atoms with Gasteiger partial charge in [-0.15, -0.1) is 0 Å². The number of hydrogen-bond donors (Lipinski definition) is 1. The van der Waals surface area contributed by atoms with E-state index in [1.54, 1.807) is 40.4 Å². The van der Waals surface area contributed by atoms with Crippen molar-refractivity contribution in [3.63, 3.8) is 0 Å². The number of ether oxygens (including phenoxy) is 1. The minimum atomic E-state index is -0.207. The van der Waals surface area contributed by atoms with Crippen molar-refractivity contribution in [2.45, 2.75) is 18.9 Å². The number of H-pyrrole nitrogens is 1. The molecule has 1 aliphatic heterocycles. The number of carbonyl (C=O) groups excluding carboxylic acids is 1. The van der Waals surface area contributed by atoms with Gasteiger partial charge in [0, 0.05) is 49.2 Å². The number of rotatable bonds is 5. The van der Waals surface area contributed by atoms with Crippen molar-refractivity contribution in [1.82, 2.24) is 29.6 Å². The molecule has 1 fully saturated rings. The SMILES string of the molecule is Cn1ccc(C#CC(=O)N2CCC[C@H]2COc2cnccc2-c2[nH]c3cccnc3c2-c2ccccc2)n1. The molecule has 0 unspecified atom stereocenters. The molecule has 8 nitrogen and oxygen atoms in total. The average Bonchev–Trinajstić information content (AvgIpc) is 3.69. The molecule has 5 aromatic rings. The van der Waals surface area contributed by atoms with Crippen molar-refractivity contribution >= 4 is 16.9 Å². The first-order chi connectivity index (χ1) is 18.7. The minimum Gasteiger partial charge on any atom is -0.489 e. The van der Waals surface area contributed by atoms with Crippen LogP contribution in [0.15, 0.2) is 79.4 Å². The zero-order valence-corrected chi connectivity index (χ0v) is 21.0. The first kappa shape index (κ1) is 23.5. The van der Waals surface area contributed by atoms with Gasteiger partial charge in [-0.2, -0.15) is 5.10 Å². The number of nitrogens with zero attached hydrogens (tertiary/aromatic N) is 5. The molecule has 1 aliphatic rings. The molecule has 188 valence electrons. The summed E-state index contributed by atoms with van der Waals surface area (Å²) in [5.74, 6) is 6.05. The van der Waals surface area contributed by atoms with Crippen molar-refractivity contribution in [2.24, 2.45) is 7.05 Å². The molecule has 1 N–H and O–H groups in total. The van der Waals surface area contributed by atoms with Gasteiger partial charge >= 0.3 is 0 Å². The van der Waals surface area contributed by atoms with E-state index in [1.807, 2.05) is 43.4 Å². The average molecular weight is 503 g/mol. The summed E-state index contributed by atoms with van der Waals surface area (Å²) in [7, 11) is 1.82. The fraction of sp³-hybridized carbons (Fsp3) is 0.200. The van der Waals surface area contributed by atoms with Gasteiger partial charge in [0.05, 0.1) is 29.0 Å². The van der Waals surface area contributed by atoms with Crippen molar-refractivity contribution < 1.29 is 9.53 Å². The van der Waals surface area contributed by atoms with Crippen LogP contribution in [0.5, 0.6) is 5.75 Å². The third-order valence-corrected chi connectivity index (χ3v) is 6.75. The summed E-state index contributed by atoms with van der Waals surface area (Å²) < 4.78 is 8.01. The zero-order valence-electron chi connectivity index (χ0n) is 21.0. The number of fused-ring (bicyclic) bond motifs is 1. The van der Waals surface area contributed by atoms with Gasteiger partial charge in [0.15, 0.2) is 0 Å². The van der Waals surface area contributed by atoms with Gasteiger partial charge in [-0.1, -0.05) is 30.3 Å². The van der Waals surface area contributed by atoms with Crippen LogP contribution in [0, 0.1) is 11.8 Å². The molecule has 0 radical (unpaired) electrons. The molecular weight excluding hydrogens is 476 g/mol. The Morgan fingerprint density at radius 1 is 1.13 bits per heavy atom. The third-order valence-electron chi connectivity index (χ3n) is 6.75. The van der Waals surface area contributed by atoms with Gasteiger partial charge in [0.25, 0.3) is 5.91 Å². The van der Waals surface area contributed by atoms with Crippen LogP contribution in [0.3, 0.4) is 0 Å². The van der Waals surface area contributed by atoms with E-state index >= 15 is 0 Å². The van der Waals surface area contributed by atoms with E-state index in [9.17, 15) is 4.79 Å². The Bertz CT molecular complexity index is 1660. The summed E-state index contributed by atoms with van der Waals surface area (Å²) in [5.41, 5.74) is 6.31. The number of carbonyl (C=O) groups is 1. The second-order valence-corrected chi connectivity index (χ2v) is 9.24. The molecule has 0 spiro atoms. The van der Waals surface area contributed by atoms with E-state index in [2.05, 4.69) is 44.0 Å². The van der Waals surface area contributed by atoms with E-state index in [0.717, 1.165) is 46.3 Å².